The van der Waals surface area contributed by atoms with Crippen LogP contribution in [0.25, 0.3) is 11.2 Å². The van der Waals surface area contributed by atoms with Crippen molar-refractivity contribution in [3.05, 3.63) is 52.6 Å². The number of nitrogens with one attached hydrogen (secondary N) is 2. The minimum atomic E-state index is -0.777. The van der Waals surface area contributed by atoms with E-state index in [0.717, 1.165) is 18.4 Å². The first-order chi connectivity index (χ1) is 12.6. The van der Waals surface area contributed by atoms with Gasteiger partial charge in [0.15, 0.2) is 11.2 Å². The van der Waals surface area contributed by atoms with Crippen molar-refractivity contribution in [2.45, 2.75) is 32.2 Å². The number of H-pyrrole nitrogens is 1. The number of rotatable bonds is 9. The van der Waals surface area contributed by atoms with E-state index in [1.807, 2.05) is 30.3 Å². The molecule has 0 aliphatic carbocycles. The van der Waals surface area contributed by atoms with E-state index in [0.29, 0.717) is 36.6 Å². The Balaban J connectivity index is 0.00000261. The molecule has 2 aromatic heterocycles. The number of nitrogens with zero attached hydrogens (tertiary/aromatic N) is 3. The molecule has 0 radical (unpaired) electrons. The molecule has 0 fully saturated rings. The van der Waals surface area contributed by atoms with Crippen LogP contribution in [0.1, 0.15) is 31.2 Å². The molecule has 0 saturated heterocycles. The highest BCUT2D eigenvalue weighted by molar-refractivity contribution is 5.71. The van der Waals surface area contributed by atoms with Crippen molar-refractivity contribution in [1.29, 1.82) is 0 Å². The molecular formula is C18H23N5O4. The summed E-state index contributed by atoms with van der Waals surface area (Å²) in [5.41, 5.74) is 1.69. The van der Waals surface area contributed by atoms with Gasteiger partial charge in [0.05, 0.1) is 6.33 Å². The quantitative estimate of drug-likeness (QED) is 0.484. The molecule has 0 spiro atoms. The van der Waals surface area contributed by atoms with Gasteiger partial charge in [-0.2, -0.15) is 4.98 Å². The fraction of sp³-hybridized carbons (Fsp3) is 0.333. The Labute approximate surface area is 155 Å². The number of imidazole rings is 1. The molecule has 2 heterocycles. The molecule has 0 atom stereocenters. The van der Waals surface area contributed by atoms with Crippen LogP contribution >= 0.6 is 0 Å². The molecule has 0 aliphatic rings. The summed E-state index contributed by atoms with van der Waals surface area (Å²) in [6, 6.07) is 9.84. The van der Waals surface area contributed by atoms with Crippen molar-refractivity contribution in [3.63, 3.8) is 0 Å². The Bertz CT molecular complexity index is 936. The summed E-state index contributed by atoms with van der Waals surface area (Å²) in [5, 5.41) is 11.7. The van der Waals surface area contributed by atoms with Crippen molar-refractivity contribution < 1.29 is 15.4 Å². The lowest BCUT2D eigenvalue weighted by atomic mass is 10.2. The van der Waals surface area contributed by atoms with Crippen LogP contribution in [0, 0.1) is 0 Å². The van der Waals surface area contributed by atoms with Crippen molar-refractivity contribution in [3.8, 4) is 0 Å². The molecule has 1 aromatic carbocycles. The maximum absolute atomic E-state index is 12.4. The van der Waals surface area contributed by atoms with Crippen LogP contribution in [0.2, 0.25) is 0 Å². The Hall–Kier alpha value is -3.20. The molecule has 0 amide bonds. The van der Waals surface area contributed by atoms with Crippen molar-refractivity contribution >= 4 is 23.1 Å². The Kier molecular flexibility index (Phi) is 7.07. The number of carboxylic acids is 1. The average molecular weight is 373 g/mol. The van der Waals surface area contributed by atoms with Crippen LogP contribution in [-0.4, -0.2) is 42.6 Å². The van der Waals surface area contributed by atoms with Crippen LogP contribution in [0.3, 0.4) is 0 Å². The Morgan fingerprint density at radius 2 is 1.96 bits per heavy atom. The monoisotopic (exact) mass is 373 g/mol. The number of carbonyl (C=O) groups is 1. The van der Waals surface area contributed by atoms with Crippen molar-refractivity contribution in [1.82, 2.24) is 19.5 Å². The van der Waals surface area contributed by atoms with Crippen molar-refractivity contribution in [2.75, 3.05) is 11.9 Å². The van der Waals surface area contributed by atoms with Gasteiger partial charge in [0, 0.05) is 19.5 Å². The van der Waals surface area contributed by atoms with E-state index in [4.69, 9.17) is 5.11 Å². The largest absolute Gasteiger partial charge is 0.481 e. The maximum Gasteiger partial charge on any atom is 0.303 e. The van der Waals surface area contributed by atoms with E-state index in [1.165, 1.54) is 0 Å². The zero-order valence-corrected chi connectivity index (χ0v) is 14.8. The number of aromatic amines is 1. The molecule has 0 unspecified atom stereocenters. The van der Waals surface area contributed by atoms with Crippen LogP contribution < -0.4 is 10.9 Å². The summed E-state index contributed by atoms with van der Waals surface area (Å²) in [6.07, 6.45) is 4.05. The number of carboxylic acid groups (broad SMARTS) is 1. The smallest absolute Gasteiger partial charge is 0.303 e. The number of benzene rings is 1. The number of fused-ring (bicyclic) bond motifs is 1. The maximum atomic E-state index is 12.4. The highest BCUT2D eigenvalue weighted by atomic mass is 16.4. The molecule has 144 valence electrons. The Morgan fingerprint density at radius 3 is 2.70 bits per heavy atom. The summed E-state index contributed by atoms with van der Waals surface area (Å²) in [7, 11) is 0. The first-order valence-electron chi connectivity index (χ1n) is 8.58. The van der Waals surface area contributed by atoms with Gasteiger partial charge in [-0.15, -0.1) is 0 Å². The predicted octanol–water partition coefficient (Wildman–Crippen LogP) is 1.40. The molecule has 9 heteroatoms. The molecule has 3 rings (SSSR count). The second-order valence-electron chi connectivity index (χ2n) is 6.08. The van der Waals surface area contributed by atoms with E-state index in [1.54, 1.807) is 10.9 Å². The fourth-order valence-corrected chi connectivity index (χ4v) is 2.75. The molecule has 3 aromatic rings. The molecule has 9 nitrogen and oxygen atoms in total. The lowest BCUT2D eigenvalue weighted by Gasteiger charge is -2.06. The molecule has 0 saturated carbocycles. The van der Waals surface area contributed by atoms with Crippen LogP contribution in [-0.2, 0) is 11.3 Å². The van der Waals surface area contributed by atoms with E-state index in [9.17, 15) is 9.59 Å². The van der Waals surface area contributed by atoms with Gasteiger partial charge in [-0.1, -0.05) is 36.8 Å². The summed E-state index contributed by atoms with van der Waals surface area (Å²) >= 11 is 0. The standard InChI is InChI=1S/C18H21N5O3.H2O/c24-14(25)9-5-2-6-10-19-18-21-16-15(17(26)22-18)23(12-20-16)11-13-7-3-1-4-8-13;/h1,3-4,7-8,12H,2,5-6,9-11H2,(H,24,25)(H2,19,21,22,26);1H2. The Morgan fingerprint density at radius 1 is 1.19 bits per heavy atom. The third-order valence-corrected chi connectivity index (χ3v) is 4.04. The van der Waals surface area contributed by atoms with Crippen LogP contribution in [0.15, 0.2) is 41.5 Å². The lowest BCUT2D eigenvalue weighted by molar-refractivity contribution is -0.137. The zero-order chi connectivity index (χ0) is 18.4. The third-order valence-electron chi connectivity index (χ3n) is 4.04. The van der Waals surface area contributed by atoms with E-state index in [-0.39, 0.29) is 17.5 Å². The fourth-order valence-electron chi connectivity index (χ4n) is 2.75. The van der Waals surface area contributed by atoms with Gasteiger partial charge < -0.3 is 20.5 Å². The lowest BCUT2D eigenvalue weighted by Crippen LogP contribution is -2.16. The molecular weight excluding hydrogens is 350 g/mol. The number of hydrogen-bond acceptors (Lipinski definition) is 5. The highest BCUT2D eigenvalue weighted by Crippen LogP contribution is 2.11. The zero-order valence-electron chi connectivity index (χ0n) is 14.8. The summed E-state index contributed by atoms with van der Waals surface area (Å²) in [6.45, 7) is 1.16. The summed E-state index contributed by atoms with van der Waals surface area (Å²) < 4.78 is 1.78. The first-order valence-corrected chi connectivity index (χ1v) is 8.58. The summed E-state index contributed by atoms with van der Waals surface area (Å²) in [5.74, 6) is -0.397. The van der Waals surface area contributed by atoms with E-state index in [2.05, 4.69) is 20.3 Å². The molecule has 27 heavy (non-hydrogen) atoms. The number of hydrogen-bond donors (Lipinski definition) is 3. The van der Waals surface area contributed by atoms with Gasteiger partial charge in [-0.25, -0.2) is 4.98 Å². The second kappa shape index (κ2) is 9.48. The molecule has 0 aliphatic heterocycles. The van der Waals surface area contributed by atoms with Gasteiger partial charge in [0.2, 0.25) is 5.95 Å². The predicted molar refractivity (Wildman–Crippen MR) is 102 cm³/mol. The minimum Gasteiger partial charge on any atom is -0.481 e. The van der Waals surface area contributed by atoms with Gasteiger partial charge >= 0.3 is 5.97 Å². The number of unbranched alkanes of at least 4 members (excludes halogenated alkanes) is 2. The highest BCUT2D eigenvalue weighted by Gasteiger charge is 2.10. The SMILES string of the molecule is O.O=C(O)CCCCCNc1nc2ncn(Cc3ccccc3)c2c(=O)[nH]1. The minimum absolute atomic E-state index is 0. The van der Waals surface area contributed by atoms with Crippen molar-refractivity contribution in [2.24, 2.45) is 0 Å². The van der Waals surface area contributed by atoms with Gasteiger partial charge in [-0.3, -0.25) is 14.6 Å². The van der Waals surface area contributed by atoms with E-state index >= 15 is 0 Å². The van der Waals surface area contributed by atoms with E-state index < -0.39 is 5.97 Å². The number of aliphatic carboxylic acids is 1. The van der Waals surface area contributed by atoms with Crippen LogP contribution in [0.5, 0.6) is 0 Å². The van der Waals surface area contributed by atoms with Gasteiger partial charge in [0.1, 0.15) is 0 Å². The first kappa shape index (κ1) is 20.1. The summed E-state index contributed by atoms with van der Waals surface area (Å²) in [4.78, 5) is 34.2. The normalized spacial score (nSPS) is 10.5. The second-order valence-corrected chi connectivity index (χ2v) is 6.08. The van der Waals surface area contributed by atoms with Gasteiger partial charge in [0.25, 0.3) is 5.56 Å². The van der Waals surface area contributed by atoms with Gasteiger partial charge in [-0.05, 0) is 18.4 Å². The molecule has 0 bridgehead atoms. The number of aromatic nitrogens is 4. The van der Waals surface area contributed by atoms with Crippen LogP contribution in [0.4, 0.5) is 5.95 Å². The average Bonchev–Trinajstić information content (AvgIpc) is 3.02. The molecule has 5 N–H and O–H groups in total. The number of anilines is 1. The topological polar surface area (TPSA) is 144 Å². The third kappa shape index (κ3) is 5.38.